The lowest BCUT2D eigenvalue weighted by atomic mass is 10.1. The third-order valence-corrected chi connectivity index (χ3v) is 3.07. The van der Waals surface area contributed by atoms with Crippen LogP contribution in [0.25, 0.3) is 0 Å². The van der Waals surface area contributed by atoms with Crippen LogP contribution in [-0.2, 0) is 13.1 Å². The number of aryl methyl sites for hydroxylation is 2. The Balaban J connectivity index is 2.19. The summed E-state index contributed by atoms with van der Waals surface area (Å²) in [5, 5.41) is 7.51. The molecule has 1 N–H and O–H groups in total. The molecule has 0 atom stereocenters. The van der Waals surface area contributed by atoms with E-state index in [-0.39, 0.29) is 0 Å². The summed E-state index contributed by atoms with van der Waals surface area (Å²) in [4.78, 5) is 0. The van der Waals surface area contributed by atoms with Gasteiger partial charge in [-0.3, -0.25) is 4.68 Å². The fourth-order valence-electron chi connectivity index (χ4n) is 1.91. The number of benzene rings is 1. The van der Waals surface area contributed by atoms with Crippen LogP contribution in [0.2, 0.25) is 0 Å². The molecule has 90 valence electrons. The van der Waals surface area contributed by atoms with Gasteiger partial charge in [-0.25, -0.2) is 0 Å². The second-order valence-electron chi connectivity index (χ2n) is 4.43. The Morgan fingerprint density at radius 3 is 2.71 bits per heavy atom. The van der Waals surface area contributed by atoms with E-state index in [1.54, 1.807) is 0 Å². The number of nitrogens with one attached hydrogen (secondary N) is 1. The third kappa shape index (κ3) is 2.74. The summed E-state index contributed by atoms with van der Waals surface area (Å²) in [5.41, 5.74) is 5.19. The molecule has 1 aromatic carbocycles. The van der Waals surface area contributed by atoms with Crippen LogP contribution in [0.4, 0.5) is 0 Å². The van der Waals surface area contributed by atoms with Gasteiger partial charge in [0.25, 0.3) is 0 Å². The highest BCUT2D eigenvalue weighted by Gasteiger charge is 2.03. The van der Waals surface area contributed by atoms with Gasteiger partial charge >= 0.3 is 0 Å². The molecule has 0 saturated heterocycles. The van der Waals surface area contributed by atoms with Crippen molar-refractivity contribution in [1.82, 2.24) is 15.1 Å². The van der Waals surface area contributed by atoms with Crippen molar-refractivity contribution < 1.29 is 0 Å². The summed E-state index contributed by atoms with van der Waals surface area (Å²) >= 11 is 0. The maximum absolute atomic E-state index is 4.36. The predicted octanol–water partition coefficient (Wildman–Crippen LogP) is 2.27. The third-order valence-electron chi connectivity index (χ3n) is 3.07. The molecule has 0 aliphatic heterocycles. The highest BCUT2D eigenvalue weighted by Crippen LogP contribution is 2.11. The van der Waals surface area contributed by atoms with Gasteiger partial charge in [0.15, 0.2) is 0 Å². The van der Waals surface area contributed by atoms with E-state index in [2.05, 4.69) is 48.5 Å². The molecule has 1 heterocycles. The fraction of sp³-hybridized carbons (Fsp3) is 0.357. The van der Waals surface area contributed by atoms with Crippen molar-refractivity contribution in [2.45, 2.75) is 26.9 Å². The van der Waals surface area contributed by atoms with Crippen LogP contribution in [0, 0.1) is 13.8 Å². The van der Waals surface area contributed by atoms with Crippen LogP contribution in [-0.4, -0.2) is 16.8 Å². The van der Waals surface area contributed by atoms with E-state index in [0.717, 1.165) is 13.1 Å². The predicted molar refractivity (Wildman–Crippen MR) is 70.0 cm³/mol. The number of rotatable bonds is 4. The Kier molecular flexibility index (Phi) is 3.59. The average Bonchev–Trinajstić information content (AvgIpc) is 2.72. The van der Waals surface area contributed by atoms with Gasteiger partial charge in [-0.2, -0.15) is 5.10 Å². The summed E-state index contributed by atoms with van der Waals surface area (Å²) in [6, 6.07) is 8.64. The lowest BCUT2D eigenvalue weighted by molar-refractivity contribution is 0.622. The first-order valence-electron chi connectivity index (χ1n) is 5.92. The largest absolute Gasteiger partial charge is 0.314 e. The van der Waals surface area contributed by atoms with Gasteiger partial charge in [0.2, 0.25) is 0 Å². The normalized spacial score (nSPS) is 10.8. The fourth-order valence-corrected chi connectivity index (χ4v) is 1.91. The molecule has 2 rings (SSSR count). The Labute approximate surface area is 102 Å². The molecular weight excluding hydrogens is 210 g/mol. The van der Waals surface area contributed by atoms with E-state index in [1.165, 1.54) is 22.4 Å². The van der Waals surface area contributed by atoms with Crippen molar-refractivity contribution in [3.8, 4) is 0 Å². The quantitative estimate of drug-likeness (QED) is 0.871. The zero-order valence-electron chi connectivity index (χ0n) is 10.7. The smallest absolute Gasteiger partial charge is 0.0663 e. The summed E-state index contributed by atoms with van der Waals surface area (Å²) < 4.78 is 2.04. The molecule has 0 aliphatic rings. The van der Waals surface area contributed by atoms with E-state index in [0.29, 0.717) is 0 Å². The number of hydrogen-bond acceptors (Lipinski definition) is 2. The average molecular weight is 229 g/mol. The van der Waals surface area contributed by atoms with Crippen molar-refractivity contribution in [3.05, 3.63) is 52.8 Å². The number of aromatic nitrogens is 2. The van der Waals surface area contributed by atoms with Gasteiger partial charge in [0.1, 0.15) is 0 Å². The Bertz CT molecular complexity index is 500. The van der Waals surface area contributed by atoms with E-state index in [4.69, 9.17) is 0 Å². The summed E-state index contributed by atoms with van der Waals surface area (Å²) in [6.07, 6.45) is 1.85. The molecule has 1 aromatic heterocycles. The van der Waals surface area contributed by atoms with Crippen LogP contribution in [0.15, 0.2) is 30.5 Å². The van der Waals surface area contributed by atoms with Crippen molar-refractivity contribution in [2.75, 3.05) is 7.05 Å². The lowest BCUT2D eigenvalue weighted by Crippen LogP contribution is -2.13. The van der Waals surface area contributed by atoms with E-state index < -0.39 is 0 Å². The molecule has 3 heteroatoms. The summed E-state index contributed by atoms with van der Waals surface area (Å²) in [5.74, 6) is 0. The molecule has 0 fully saturated rings. The maximum atomic E-state index is 4.36. The lowest BCUT2D eigenvalue weighted by Gasteiger charge is -2.09. The Morgan fingerprint density at radius 1 is 1.18 bits per heavy atom. The Morgan fingerprint density at radius 2 is 2.00 bits per heavy atom. The molecule has 0 amide bonds. The highest BCUT2D eigenvalue weighted by atomic mass is 15.3. The van der Waals surface area contributed by atoms with Gasteiger partial charge in [-0.05, 0) is 43.7 Å². The van der Waals surface area contributed by atoms with Crippen LogP contribution in [0.1, 0.15) is 22.4 Å². The first-order chi connectivity index (χ1) is 8.20. The number of nitrogens with zero attached hydrogens (tertiary/aromatic N) is 2. The van der Waals surface area contributed by atoms with Crippen LogP contribution in [0.3, 0.4) is 0 Å². The van der Waals surface area contributed by atoms with Crippen LogP contribution >= 0.6 is 0 Å². The molecule has 17 heavy (non-hydrogen) atoms. The minimum Gasteiger partial charge on any atom is -0.314 e. The SMILES string of the molecule is CNCc1ccnn1Cc1ccc(C)c(C)c1. The zero-order chi connectivity index (χ0) is 12.3. The minimum atomic E-state index is 0.838. The summed E-state index contributed by atoms with van der Waals surface area (Å²) in [6.45, 7) is 5.98. The monoisotopic (exact) mass is 229 g/mol. The molecule has 2 aromatic rings. The first-order valence-corrected chi connectivity index (χ1v) is 5.92. The van der Waals surface area contributed by atoms with Crippen molar-refractivity contribution >= 4 is 0 Å². The van der Waals surface area contributed by atoms with Crippen LogP contribution < -0.4 is 5.32 Å². The summed E-state index contributed by atoms with van der Waals surface area (Å²) in [7, 11) is 1.95. The van der Waals surface area contributed by atoms with E-state index >= 15 is 0 Å². The first kappa shape index (κ1) is 11.9. The van der Waals surface area contributed by atoms with Gasteiger partial charge in [0.05, 0.1) is 12.2 Å². The van der Waals surface area contributed by atoms with E-state index in [9.17, 15) is 0 Å². The van der Waals surface area contributed by atoms with Crippen molar-refractivity contribution in [1.29, 1.82) is 0 Å². The molecule has 0 aliphatic carbocycles. The van der Waals surface area contributed by atoms with Gasteiger partial charge < -0.3 is 5.32 Å². The molecule has 0 spiro atoms. The standard InChI is InChI=1S/C14H19N3/c1-11-4-5-13(8-12(11)2)10-17-14(9-15-3)6-7-16-17/h4-8,15H,9-10H2,1-3H3. The zero-order valence-corrected chi connectivity index (χ0v) is 10.7. The minimum absolute atomic E-state index is 0.838. The van der Waals surface area contributed by atoms with Crippen molar-refractivity contribution in [2.24, 2.45) is 0 Å². The van der Waals surface area contributed by atoms with Gasteiger partial charge in [0, 0.05) is 12.7 Å². The van der Waals surface area contributed by atoms with Crippen molar-refractivity contribution in [3.63, 3.8) is 0 Å². The van der Waals surface area contributed by atoms with Crippen LogP contribution in [0.5, 0.6) is 0 Å². The second kappa shape index (κ2) is 5.15. The van der Waals surface area contributed by atoms with E-state index in [1.807, 2.05) is 17.9 Å². The molecule has 0 saturated carbocycles. The topological polar surface area (TPSA) is 29.9 Å². The molecule has 0 radical (unpaired) electrons. The molecule has 0 bridgehead atoms. The number of hydrogen-bond donors (Lipinski definition) is 1. The highest BCUT2D eigenvalue weighted by molar-refractivity contribution is 5.30. The van der Waals surface area contributed by atoms with Gasteiger partial charge in [-0.15, -0.1) is 0 Å². The second-order valence-corrected chi connectivity index (χ2v) is 4.43. The molecule has 0 unspecified atom stereocenters. The van der Waals surface area contributed by atoms with Gasteiger partial charge in [-0.1, -0.05) is 18.2 Å². The Hall–Kier alpha value is -1.61. The maximum Gasteiger partial charge on any atom is 0.0663 e. The molecular formula is C14H19N3. The molecule has 3 nitrogen and oxygen atoms in total.